The molecule has 0 spiro atoms. The van der Waals surface area contributed by atoms with Crippen molar-refractivity contribution in [2.75, 3.05) is 23.9 Å². The van der Waals surface area contributed by atoms with Crippen molar-refractivity contribution in [3.63, 3.8) is 0 Å². The first kappa shape index (κ1) is 20.0. The lowest BCUT2D eigenvalue weighted by molar-refractivity contribution is -0.117. The van der Waals surface area contributed by atoms with Crippen LogP contribution in [0, 0.1) is 6.92 Å². The zero-order valence-corrected chi connectivity index (χ0v) is 17.6. The van der Waals surface area contributed by atoms with Gasteiger partial charge in [-0.1, -0.05) is 41.2 Å². The normalized spacial score (nSPS) is 16.0. The van der Waals surface area contributed by atoms with Crippen LogP contribution in [0.4, 0.5) is 10.8 Å². The van der Waals surface area contributed by atoms with E-state index in [0.717, 1.165) is 27.6 Å². The number of carbonyl (C=O) groups is 2. The van der Waals surface area contributed by atoms with Crippen molar-refractivity contribution in [1.29, 1.82) is 0 Å². The first-order valence-corrected chi connectivity index (χ1v) is 10.5. The Morgan fingerprint density at radius 1 is 1.17 bits per heavy atom. The Morgan fingerprint density at radius 3 is 2.60 bits per heavy atom. The minimum absolute atomic E-state index is 0.0245. The molecule has 1 N–H and O–H groups in total. The average Bonchev–Trinajstić information content (AvgIpc) is 3.36. The fourth-order valence-corrected chi connectivity index (χ4v) is 4.24. The van der Waals surface area contributed by atoms with Gasteiger partial charge in [-0.15, -0.1) is 10.2 Å². The topological polar surface area (TPSA) is 84.4 Å². The summed E-state index contributed by atoms with van der Waals surface area (Å²) < 4.78 is 5.13. The SMILES string of the molecule is COc1ccc(CC(=O)Nc2nnc(C3CC(=O)N(c4ccc(C)cc4)C3)s2)cc1. The Hall–Kier alpha value is -3.26. The summed E-state index contributed by atoms with van der Waals surface area (Å²) in [5, 5.41) is 12.3. The van der Waals surface area contributed by atoms with Gasteiger partial charge in [-0.05, 0) is 36.8 Å². The molecule has 30 heavy (non-hydrogen) atoms. The van der Waals surface area contributed by atoms with Crippen LogP contribution in [0.1, 0.15) is 28.5 Å². The standard InChI is InChI=1S/C22H22N4O3S/c1-14-3-7-17(8-4-14)26-13-16(12-20(26)28)21-24-25-22(30-21)23-19(27)11-15-5-9-18(29-2)10-6-15/h3-10,16H,11-13H2,1-2H3,(H,23,25,27). The lowest BCUT2D eigenvalue weighted by atomic mass is 10.1. The molecule has 3 aromatic rings. The van der Waals surface area contributed by atoms with Crippen LogP contribution in [0.5, 0.6) is 5.75 Å². The predicted molar refractivity (Wildman–Crippen MR) is 116 cm³/mol. The molecule has 0 saturated carbocycles. The number of amides is 2. The van der Waals surface area contributed by atoms with Gasteiger partial charge >= 0.3 is 0 Å². The highest BCUT2D eigenvalue weighted by molar-refractivity contribution is 7.15. The van der Waals surface area contributed by atoms with E-state index in [1.54, 1.807) is 12.0 Å². The molecule has 1 unspecified atom stereocenters. The number of hydrogen-bond acceptors (Lipinski definition) is 6. The monoisotopic (exact) mass is 422 g/mol. The van der Waals surface area contributed by atoms with Crippen LogP contribution in [0.15, 0.2) is 48.5 Å². The number of benzene rings is 2. The Bertz CT molecular complexity index is 1050. The summed E-state index contributed by atoms with van der Waals surface area (Å²) in [5.41, 5.74) is 2.93. The highest BCUT2D eigenvalue weighted by atomic mass is 32.1. The average molecular weight is 423 g/mol. The maximum absolute atomic E-state index is 12.5. The minimum atomic E-state index is -0.161. The molecule has 1 fully saturated rings. The predicted octanol–water partition coefficient (Wildman–Crippen LogP) is 3.56. The van der Waals surface area contributed by atoms with Gasteiger partial charge < -0.3 is 15.0 Å². The Kier molecular flexibility index (Phi) is 5.76. The summed E-state index contributed by atoms with van der Waals surface area (Å²) in [6.45, 7) is 2.58. The molecule has 8 heteroatoms. The second kappa shape index (κ2) is 8.62. The smallest absolute Gasteiger partial charge is 0.230 e. The maximum atomic E-state index is 12.5. The molecule has 0 aliphatic carbocycles. The summed E-state index contributed by atoms with van der Waals surface area (Å²) in [4.78, 5) is 26.6. The van der Waals surface area contributed by atoms with Crippen LogP contribution in [0.25, 0.3) is 0 Å². The van der Waals surface area contributed by atoms with Crippen molar-refractivity contribution in [2.45, 2.75) is 25.7 Å². The zero-order chi connectivity index (χ0) is 21.1. The molecule has 0 radical (unpaired) electrons. The quantitative estimate of drug-likeness (QED) is 0.657. The number of carbonyl (C=O) groups excluding carboxylic acids is 2. The molecule has 4 rings (SSSR count). The fraction of sp³-hybridized carbons (Fsp3) is 0.273. The summed E-state index contributed by atoms with van der Waals surface area (Å²) in [6.07, 6.45) is 0.629. The Morgan fingerprint density at radius 2 is 1.90 bits per heavy atom. The zero-order valence-electron chi connectivity index (χ0n) is 16.8. The van der Waals surface area contributed by atoms with E-state index in [0.29, 0.717) is 18.1 Å². The molecule has 2 aromatic carbocycles. The number of hydrogen-bond donors (Lipinski definition) is 1. The molecule has 2 amide bonds. The van der Waals surface area contributed by atoms with Crippen molar-refractivity contribution in [2.24, 2.45) is 0 Å². The summed E-state index contributed by atoms with van der Waals surface area (Å²) in [6, 6.07) is 15.3. The largest absolute Gasteiger partial charge is 0.497 e. The molecule has 1 atom stereocenters. The van der Waals surface area contributed by atoms with Crippen molar-refractivity contribution < 1.29 is 14.3 Å². The van der Waals surface area contributed by atoms with Gasteiger partial charge in [-0.25, -0.2) is 0 Å². The van der Waals surface area contributed by atoms with Crippen LogP contribution in [0.2, 0.25) is 0 Å². The first-order valence-electron chi connectivity index (χ1n) is 9.65. The van der Waals surface area contributed by atoms with E-state index in [-0.39, 0.29) is 24.2 Å². The highest BCUT2D eigenvalue weighted by Crippen LogP contribution is 2.34. The van der Waals surface area contributed by atoms with Crippen molar-refractivity contribution in [3.05, 3.63) is 64.7 Å². The minimum Gasteiger partial charge on any atom is -0.497 e. The van der Waals surface area contributed by atoms with Crippen molar-refractivity contribution in [1.82, 2.24) is 10.2 Å². The molecular formula is C22H22N4O3S. The van der Waals surface area contributed by atoms with Gasteiger partial charge in [0, 0.05) is 24.6 Å². The van der Waals surface area contributed by atoms with E-state index in [1.807, 2.05) is 55.5 Å². The van der Waals surface area contributed by atoms with E-state index < -0.39 is 0 Å². The maximum Gasteiger partial charge on any atom is 0.230 e. The number of ether oxygens (including phenoxy) is 1. The van der Waals surface area contributed by atoms with Gasteiger partial charge in [0.15, 0.2) is 0 Å². The van der Waals surface area contributed by atoms with Crippen LogP contribution in [-0.2, 0) is 16.0 Å². The molecule has 1 aliphatic rings. The Balaban J connectivity index is 1.37. The Labute approximate surface area is 178 Å². The van der Waals surface area contributed by atoms with E-state index in [4.69, 9.17) is 4.74 Å². The van der Waals surface area contributed by atoms with E-state index >= 15 is 0 Å². The molecule has 2 heterocycles. The van der Waals surface area contributed by atoms with Crippen molar-refractivity contribution in [3.8, 4) is 5.75 Å². The lowest BCUT2D eigenvalue weighted by Crippen LogP contribution is -2.24. The van der Waals surface area contributed by atoms with Gasteiger partial charge in [0.05, 0.1) is 13.5 Å². The fourth-order valence-electron chi connectivity index (χ4n) is 3.39. The molecule has 1 aliphatic heterocycles. The lowest BCUT2D eigenvalue weighted by Gasteiger charge is -2.16. The van der Waals surface area contributed by atoms with E-state index in [9.17, 15) is 9.59 Å². The number of aryl methyl sites for hydroxylation is 1. The second-order valence-corrected chi connectivity index (χ2v) is 8.27. The number of nitrogens with zero attached hydrogens (tertiary/aromatic N) is 3. The van der Waals surface area contributed by atoms with E-state index in [1.165, 1.54) is 11.3 Å². The number of aromatic nitrogens is 2. The van der Waals surface area contributed by atoms with Gasteiger partial charge in [-0.3, -0.25) is 9.59 Å². The molecular weight excluding hydrogens is 400 g/mol. The number of methoxy groups -OCH3 is 1. The second-order valence-electron chi connectivity index (χ2n) is 7.26. The van der Waals surface area contributed by atoms with Crippen molar-refractivity contribution >= 4 is 34.0 Å². The van der Waals surface area contributed by atoms with Gasteiger partial charge in [0.25, 0.3) is 0 Å². The van der Waals surface area contributed by atoms with Crippen LogP contribution in [-0.4, -0.2) is 35.7 Å². The molecule has 154 valence electrons. The number of anilines is 2. The van der Waals surface area contributed by atoms with Gasteiger partial charge in [-0.2, -0.15) is 0 Å². The first-order chi connectivity index (χ1) is 14.5. The van der Waals surface area contributed by atoms with Crippen LogP contribution >= 0.6 is 11.3 Å². The summed E-state index contributed by atoms with van der Waals surface area (Å²) in [5.74, 6) is 0.637. The highest BCUT2D eigenvalue weighted by Gasteiger charge is 2.33. The molecule has 1 aromatic heterocycles. The van der Waals surface area contributed by atoms with Gasteiger partial charge in [0.2, 0.25) is 16.9 Å². The third-order valence-electron chi connectivity index (χ3n) is 5.03. The van der Waals surface area contributed by atoms with Crippen LogP contribution in [0.3, 0.4) is 0 Å². The molecule has 0 bridgehead atoms. The number of nitrogens with one attached hydrogen (secondary N) is 1. The van der Waals surface area contributed by atoms with Crippen LogP contribution < -0.4 is 15.0 Å². The summed E-state index contributed by atoms with van der Waals surface area (Å²) >= 11 is 1.32. The van der Waals surface area contributed by atoms with Gasteiger partial charge in [0.1, 0.15) is 10.8 Å². The third kappa shape index (κ3) is 4.49. The number of rotatable bonds is 6. The van der Waals surface area contributed by atoms with E-state index in [2.05, 4.69) is 15.5 Å². The molecule has 7 nitrogen and oxygen atoms in total. The third-order valence-corrected chi connectivity index (χ3v) is 6.03. The summed E-state index contributed by atoms with van der Waals surface area (Å²) in [7, 11) is 1.60. The molecule has 1 saturated heterocycles.